The molecule has 0 aliphatic rings. The van der Waals surface area contributed by atoms with Crippen LogP contribution in [0.5, 0.6) is 0 Å². The second kappa shape index (κ2) is 6.60. The first-order chi connectivity index (χ1) is 8.49. The molecule has 0 spiro atoms. The van der Waals surface area contributed by atoms with Crippen molar-refractivity contribution in [2.45, 2.75) is 19.6 Å². The van der Waals surface area contributed by atoms with E-state index in [2.05, 4.69) is 15.7 Å². The zero-order valence-electron chi connectivity index (χ0n) is 9.96. The molecule has 0 saturated heterocycles. The number of hydrogen-bond donors (Lipinski definition) is 4. The number of amides is 2. The highest BCUT2D eigenvalue weighted by molar-refractivity contribution is 5.76. The lowest BCUT2D eigenvalue weighted by Crippen LogP contribution is -2.42. The van der Waals surface area contributed by atoms with Crippen LogP contribution in [0.3, 0.4) is 0 Å². The number of rotatable bonds is 6. The Kier molecular flexibility index (Phi) is 5.12. The molecule has 1 rings (SSSR count). The molecule has 1 aromatic heterocycles. The summed E-state index contributed by atoms with van der Waals surface area (Å²) < 4.78 is 1.68. The van der Waals surface area contributed by atoms with E-state index in [-0.39, 0.29) is 6.54 Å². The van der Waals surface area contributed by atoms with Crippen LogP contribution in [0.25, 0.3) is 0 Å². The van der Waals surface area contributed by atoms with Crippen LogP contribution in [0, 0.1) is 6.92 Å². The predicted molar refractivity (Wildman–Crippen MR) is 62.0 cm³/mol. The Bertz CT molecular complexity index is 418. The summed E-state index contributed by atoms with van der Waals surface area (Å²) in [6, 6.07) is -0.529. The number of carbonyl (C=O) groups excluding carboxylic acids is 1. The van der Waals surface area contributed by atoms with E-state index in [9.17, 15) is 9.59 Å². The van der Waals surface area contributed by atoms with Gasteiger partial charge in [-0.1, -0.05) is 0 Å². The van der Waals surface area contributed by atoms with Gasteiger partial charge in [0.05, 0.1) is 19.3 Å². The number of aliphatic carboxylic acids is 1. The van der Waals surface area contributed by atoms with Gasteiger partial charge in [0.25, 0.3) is 0 Å². The van der Waals surface area contributed by atoms with Gasteiger partial charge in [-0.15, -0.1) is 0 Å². The Labute approximate surface area is 104 Å². The van der Waals surface area contributed by atoms with Crippen molar-refractivity contribution in [2.75, 3.05) is 13.1 Å². The number of aliphatic hydroxyl groups is 1. The van der Waals surface area contributed by atoms with Gasteiger partial charge in [-0.25, -0.2) is 9.59 Å². The molecule has 0 radical (unpaired) electrons. The van der Waals surface area contributed by atoms with Crippen molar-refractivity contribution >= 4 is 12.0 Å². The molecule has 0 saturated carbocycles. The van der Waals surface area contributed by atoms with Gasteiger partial charge in [0, 0.05) is 12.7 Å². The van der Waals surface area contributed by atoms with Gasteiger partial charge in [-0.2, -0.15) is 5.10 Å². The smallest absolute Gasteiger partial charge is 0.334 e. The molecule has 2 amide bonds. The Balaban J connectivity index is 2.15. The zero-order chi connectivity index (χ0) is 13.5. The van der Waals surface area contributed by atoms with E-state index >= 15 is 0 Å². The highest BCUT2D eigenvalue weighted by atomic mass is 16.4. The average molecular weight is 256 g/mol. The number of urea groups is 1. The second-order valence-corrected chi connectivity index (χ2v) is 3.77. The molecular weight excluding hydrogens is 240 g/mol. The van der Waals surface area contributed by atoms with Crippen LogP contribution in [0.1, 0.15) is 5.56 Å². The summed E-state index contributed by atoms with van der Waals surface area (Å²) in [4.78, 5) is 21.5. The number of carbonyl (C=O) groups is 2. The van der Waals surface area contributed by atoms with E-state index in [0.29, 0.717) is 13.1 Å². The van der Waals surface area contributed by atoms with E-state index in [1.807, 2.05) is 13.1 Å². The molecule has 1 aromatic rings. The van der Waals surface area contributed by atoms with E-state index in [0.717, 1.165) is 5.56 Å². The number of aromatic nitrogens is 2. The van der Waals surface area contributed by atoms with Crippen LogP contribution in [0.4, 0.5) is 4.79 Å². The molecule has 0 bridgehead atoms. The molecule has 1 heterocycles. The van der Waals surface area contributed by atoms with E-state index in [1.54, 1.807) is 10.9 Å². The number of hydrogen-bond acceptors (Lipinski definition) is 4. The predicted octanol–water partition coefficient (Wildman–Crippen LogP) is -1.06. The molecular formula is C10H16N4O4. The van der Waals surface area contributed by atoms with E-state index in [1.165, 1.54) is 0 Å². The second-order valence-electron chi connectivity index (χ2n) is 3.77. The quantitative estimate of drug-likeness (QED) is 0.517. The standard InChI is InChI=1S/C10H16N4O4/c1-7-4-13-14(6-7)3-2-11-10(18)12-5-8(15)9(16)17/h4,6,8,15H,2-3,5H2,1H3,(H,16,17)(H2,11,12,18). The molecule has 0 aromatic carbocycles. The summed E-state index contributed by atoms with van der Waals surface area (Å²) >= 11 is 0. The minimum absolute atomic E-state index is 0.331. The highest BCUT2D eigenvalue weighted by Gasteiger charge is 2.13. The molecule has 18 heavy (non-hydrogen) atoms. The molecule has 1 atom stereocenters. The van der Waals surface area contributed by atoms with Crippen LogP contribution in [0.15, 0.2) is 12.4 Å². The van der Waals surface area contributed by atoms with Crippen molar-refractivity contribution in [1.82, 2.24) is 20.4 Å². The highest BCUT2D eigenvalue weighted by Crippen LogP contribution is 1.92. The summed E-state index contributed by atoms with van der Waals surface area (Å²) in [6.07, 6.45) is 1.96. The monoisotopic (exact) mass is 256 g/mol. The van der Waals surface area contributed by atoms with Crippen LogP contribution in [-0.2, 0) is 11.3 Å². The molecule has 0 aliphatic heterocycles. The van der Waals surface area contributed by atoms with Gasteiger partial charge in [-0.05, 0) is 12.5 Å². The van der Waals surface area contributed by atoms with Gasteiger partial charge in [0.1, 0.15) is 0 Å². The lowest BCUT2D eigenvalue weighted by Gasteiger charge is -2.09. The van der Waals surface area contributed by atoms with Gasteiger partial charge in [0.2, 0.25) is 0 Å². The van der Waals surface area contributed by atoms with Crippen molar-refractivity contribution < 1.29 is 19.8 Å². The summed E-state index contributed by atoms with van der Waals surface area (Å²) in [5.41, 5.74) is 1.03. The summed E-state index contributed by atoms with van der Waals surface area (Å²) in [6.45, 7) is 2.46. The Hall–Kier alpha value is -2.09. The van der Waals surface area contributed by atoms with Crippen molar-refractivity contribution in [3.63, 3.8) is 0 Å². The number of aryl methyl sites for hydroxylation is 1. The van der Waals surface area contributed by atoms with Crippen molar-refractivity contribution in [2.24, 2.45) is 0 Å². The zero-order valence-corrected chi connectivity index (χ0v) is 9.96. The first kappa shape index (κ1) is 14.0. The van der Waals surface area contributed by atoms with Gasteiger partial charge >= 0.3 is 12.0 Å². The fourth-order valence-corrected chi connectivity index (χ4v) is 1.21. The molecule has 100 valence electrons. The van der Waals surface area contributed by atoms with Crippen LogP contribution < -0.4 is 10.6 Å². The number of nitrogens with one attached hydrogen (secondary N) is 2. The summed E-state index contributed by atoms with van der Waals surface area (Å²) in [5.74, 6) is -1.37. The first-order valence-corrected chi connectivity index (χ1v) is 5.40. The van der Waals surface area contributed by atoms with Crippen LogP contribution in [0.2, 0.25) is 0 Å². The SMILES string of the molecule is Cc1cnn(CCNC(=O)NCC(O)C(=O)O)c1. The number of nitrogens with zero attached hydrogens (tertiary/aromatic N) is 2. The maximum Gasteiger partial charge on any atom is 0.334 e. The Morgan fingerprint density at radius 1 is 1.50 bits per heavy atom. The lowest BCUT2D eigenvalue weighted by molar-refractivity contribution is -0.146. The molecule has 8 heteroatoms. The number of carboxylic acid groups (broad SMARTS) is 1. The maximum absolute atomic E-state index is 11.2. The maximum atomic E-state index is 11.2. The average Bonchev–Trinajstić information content (AvgIpc) is 2.71. The lowest BCUT2D eigenvalue weighted by atomic mass is 10.4. The largest absolute Gasteiger partial charge is 0.479 e. The number of aliphatic hydroxyl groups excluding tert-OH is 1. The first-order valence-electron chi connectivity index (χ1n) is 5.40. The third-order valence-corrected chi connectivity index (χ3v) is 2.13. The van der Waals surface area contributed by atoms with Gasteiger partial charge in [-0.3, -0.25) is 4.68 Å². The summed E-state index contributed by atoms with van der Waals surface area (Å²) in [7, 11) is 0. The molecule has 8 nitrogen and oxygen atoms in total. The topological polar surface area (TPSA) is 116 Å². The van der Waals surface area contributed by atoms with E-state index in [4.69, 9.17) is 10.2 Å². The fourth-order valence-electron chi connectivity index (χ4n) is 1.21. The van der Waals surface area contributed by atoms with Crippen molar-refractivity contribution in [3.05, 3.63) is 18.0 Å². The molecule has 4 N–H and O–H groups in total. The Morgan fingerprint density at radius 3 is 2.78 bits per heavy atom. The van der Waals surface area contributed by atoms with Crippen LogP contribution in [-0.4, -0.2) is 51.2 Å². The minimum atomic E-state index is -1.59. The third-order valence-electron chi connectivity index (χ3n) is 2.13. The molecule has 1 unspecified atom stereocenters. The fraction of sp³-hybridized carbons (Fsp3) is 0.500. The van der Waals surface area contributed by atoms with Crippen molar-refractivity contribution in [3.8, 4) is 0 Å². The van der Waals surface area contributed by atoms with Gasteiger partial charge in [0.15, 0.2) is 6.10 Å². The third kappa shape index (κ3) is 4.83. The minimum Gasteiger partial charge on any atom is -0.479 e. The normalized spacial score (nSPS) is 11.9. The molecule has 0 fully saturated rings. The Morgan fingerprint density at radius 2 is 2.22 bits per heavy atom. The molecule has 0 aliphatic carbocycles. The van der Waals surface area contributed by atoms with E-state index < -0.39 is 18.1 Å². The summed E-state index contributed by atoms with van der Waals surface area (Å²) in [5, 5.41) is 26.1. The van der Waals surface area contributed by atoms with Crippen molar-refractivity contribution in [1.29, 1.82) is 0 Å². The van der Waals surface area contributed by atoms with Gasteiger partial charge < -0.3 is 20.8 Å². The van der Waals surface area contributed by atoms with Crippen LogP contribution >= 0.6 is 0 Å². The number of carboxylic acids is 1.